The SMILES string of the molecule is COCCNC(=O)c1ccc2nc(C)c(-c3csc(C4(c5ccc(C(=O)NO)cc5)CC4)n3)n2c1. The number of nitrogens with zero attached hydrogens (tertiary/aromatic N) is 3. The molecule has 1 fully saturated rings. The monoisotopic (exact) mass is 491 g/mol. The summed E-state index contributed by atoms with van der Waals surface area (Å²) in [6, 6.07) is 10.9. The number of aryl methyl sites for hydroxylation is 1. The summed E-state index contributed by atoms with van der Waals surface area (Å²) in [6.07, 6.45) is 3.75. The molecule has 35 heavy (non-hydrogen) atoms. The van der Waals surface area contributed by atoms with Crippen LogP contribution in [0.3, 0.4) is 0 Å². The Morgan fingerprint density at radius 1 is 1.11 bits per heavy atom. The van der Waals surface area contributed by atoms with E-state index in [2.05, 4.69) is 10.3 Å². The highest BCUT2D eigenvalue weighted by molar-refractivity contribution is 7.10. The van der Waals surface area contributed by atoms with Gasteiger partial charge in [0, 0.05) is 36.2 Å². The quantitative estimate of drug-likeness (QED) is 0.198. The van der Waals surface area contributed by atoms with Crippen LogP contribution < -0.4 is 10.8 Å². The maximum absolute atomic E-state index is 12.6. The second-order valence-electron chi connectivity index (χ2n) is 8.58. The standard InChI is InChI=1S/C25H25N5O4S/c1-15-21(30-13-17(5-8-20(30)27-15)22(31)26-11-12-34-2)19-14-35-24(28-19)25(9-10-25)18-6-3-16(4-7-18)23(32)29-33/h3-8,13-14,33H,9-12H2,1-2H3,(H,26,31)(H,29,32). The third-order valence-electron chi connectivity index (χ3n) is 6.35. The van der Waals surface area contributed by atoms with E-state index < -0.39 is 5.91 Å². The van der Waals surface area contributed by atoms with Gasteiger partial charge in [-0.3, -0.25) is 19.2 Å². The van der Waals surface area contributed by atoms with Crippen LogP contribution in [0.5, 0.6) is 0 Å². The number of ether oxygens (including phenoxy) is 1. The van der Waals surface area contributed by atoms with E-state index in [9.17, 15) is 9.59 Å². The second-order valence-corrected chi connectivity index (χ2v) is 9.44. The summed E-state index contributed by atoms with van der Waals surface area (Å²) in [6.45, 7) is 2.83. The highest BCUT2D eigenvalue weighted by Gasteiger charge is 2.48. The largest absolute Gasteiger partial charge is 0.383 e. The Labute approximate surface area is 205 Å². The second kappa shape index (κ2) is 9.21. The van der Waals surface area contributed by atoms with Gasteiger partial charge in [-0.1, -0.05) is 12.1 Å². The molecule has 0 aliphatic heterocycles. The molecular weight excluding hydrogens is 466 g/mol. The van der Waals surface area contributed by atoms with E-state index in [-0.39, 0.29) is 11.3 Å². The molecular formula is C25H25N5O4S. The first-order valence-electron chi connectivity index (χ1n) is 11.2. The number of methoxy groups -OCH3 is 1. The fraction of sp³-hybridized carbons (Fsp3) is 0.280. The highest BCUT2D eigenvalue weighted by atomic mass is 32.1. The maximum atomic E-state index is 12.6. The Hall–Kier alpha value is -3.60. The fourth-order valence-corrected chi connectivity index (χ4v) is 5.42. The van der Waals surface area contributed by atoms with Gasteiger partial charge in [-0.05, 0) is 49.6 Å². The molecule has 1 aliphatic carbocycles. The van der Waals surface area contributed by atoms with Crippen LogP contribution in [0, 0.1) is 6.92 Å². The van der Waals surface area contributed by atoms with Crippen molar-refractivity contribution in [1.82, 2.24) is 25.2 Å². The number of hydrogen-bond donors (Lipinski definition) is 3. The van der Waals surface area contributed by atoms with Crippen molar-refractivity contribution in [2.75, 3.05) is 20.3 Å². The number of pyridine rings is 1. The van der Waals surface area contributed by atoms with Gasteiger partial charge >= 0.3 is 0 Å². The van der Waals surface area contributed by atoms with E-state index >= 15 is 0 Å². The van der Waals surface area contributed by atoms with E-state index in [1.165, 1.54) is 0 Å². The smallest absolute Gasteiger partial charge is 0.274 e. The lowest BCUT2D eigenvalue weighted by atomic mass is 9.95. The summed E-state index contributed by atoms with van der Waals surface area (Å²) in [5.41, 5.74) is 6.78. The van der Waals surface area contributed by atoms with Crippen LogP contribution in [-0.4, -0.2) is 51.7 Å². The van der Waals surface area contributed by atoms with E-state index in [0.717, 1.165) is 46.1 Å². The number of fused-ring (bicyclic) bond motifs is 1. The van der Waals surface area contributed by atoms with Crippen molar-refractivity contribution in [2.24, 2.45) is 0 Å². The number of aromatic nitrogens is 3. The average Bonchev–Trinajstić information content (AvgIpc) is 3.42. The highest BCUT2D eigenvalue weighted by Crippen LogP contribution is 2.54. The van der Waals surface area contributed by atoms with E-state index in [4.69, 9.17) is 14.9 Å². The number of imidazole rings is 1. The van der Waals surface area contributed by atoms with Crippen molar-refractivity contribution >= 4 is 28.8 Å². The summed E-state index contributed by atoms with van der Waals surface area (Å²) in [7, 11) is 1.59. The van der Waals surface area contributed by atoms with Crippen LogP contribution >= 0.6 is 11.3 Å². The number of benzene rings is 1. The Kier molecular flexibility index (Phi) is 6.10. The zero-order valence-corrected chi connectivity index (χ0v) is 20.2. The molecule has 4 aromatic rings. The molecule has 0 atom stereocenters. The van der Waals surface area contributed by atoms with Gasteiger partial charge < -0.3 is 10.1 Å². The first-order valence-corrected chi connectivity index (χ1v) is 12.1. The molecule has 0 radical (unpaired) electrons. The van der Waals surface area contributed by atoms with Gasteiger partial charge in [-0.2, -0.15) is 0 Å². The molecule has 1 saturated carbocycles. The zero-order chi connectivity index (χ0) is 24.6. The number of carbonyl (C=O) groups excluding carboxylic acids is 2. The van der Waals surface area contributed by atoms with Gasteiger partial charge in [-0.25, -0.2) is 15.4 Å². The molecule has 3 heterocycles. The Morgan fingerprint density at radius 2 is 1.86 bits per heavy atom. The van der Waals surface area contributed by atoms with Crippen LogP contribution in [0.25, 0.3) is 17.0 Å². The van der Waals surface area contributed by atoms with Crippen LogP contribution in [-0.2, 0) is 10.2 Å². The van der Waals surface area contributed by atoms with E-state index in [0.29, 0.717) is 24.3 Å². The van der Waals surface area contributed by atoms with Crippen molar-refractivity contribution in [2.45, 2.75) is 25.2 Å². The summed E-state index contributed by atoms with van der Waals surface area (Å²) >= 11 is 1.60. The number of hydrogen-bond acceptors (Lipinski definition) is 7. The van der Waals surface area contributed by atoms with E-state index in [1.54, 1.807) is 48.3 Å². The predicted octanol–water partition coefficient (Wildman–Crippen LogP) is 3.34. The van der Waals surface area contributed by atoms with Crippen molar-refractivity contribution < 1.29 is 19.5 Å². The van der Waals surface area contributed by atoms with Crippen LogP contribution in [0.4, 0.5) is 0 Å². The number of thiazole rings is 1. The molecule has 0 spiro atoms. The molecule has 180 valence electrons. The molecule has 5 rings (SSSR count). The molecule has 0 saturated heterocycles. The molecule has 1 aliphatic rings. The summed E-state index contributed by atoms with van der Waals surface area (Å²) < 4.78 is 6.92. The van der Waals surface area contributed by atoms with Gasteiger partial charge in [0.2, 0.25) is 0 Å². The summed E-state index contributed by atoms with van der Waals surface area (Å²) in [5, 5.41) is 14.7. The Bertz CT molecular complexity index is 1410. The first-order chi connectivity index (χ1) is 17.0. The van der Waals surface area contributed by atoms with Crippen molar-refractivity contribution in [1.29, 1.82) is 0 Å². The Morgan fingerprint density at radius 3 is 2.54 bits per heavy atom. The fourth-order valence-electron chi connectivity index (χ4n) is 4.33. The normalized spacial score (nSPS) is 14.1. The average molecular weight is 492 g/mol. The predicted molar refractivity (Wildman–Crippen MR) is 131 cm³/mol. The van der Waals surface area contributed by atoms with Crippen molar-refractivity contribution in [3.8, 4) is 11.4 Å². The van der Waals surface area contributed by atoms with Gasteiger partial charge in [0.25, 0.3) is 11.8 Å². The number of rotatable bonds is 8. The summed E-state index contributed by atoms with van der Waals surface area (Å²) in [5.74, 6) is -0.705. The number of hydroxylamine groups is 1. The number of amides is 2. The first kappa shape index (κ1) is 23.2. The topological polar surface area (TPSA) is 118 Å². The Balaban J connectivity index is 1.46. The van der Waals surface area contributed by atoms with Crippen LogP contribution in [0.15, 0.2) is 48.0 Å². The molecule has 10 heteroatoms. The number of carbonyl (C=O) groups is 2. The third kappa shape index (κ3) is 4.20. The molecule has 0 bridgehead atoms. The molecule has 3 N–H and O–H groups in total. The van der Waals surface area contributed by atoms with E-state index in [1.807, 2.05) is 34.9 Å². The lowest BCUT2D eigenvalue weighted by Crippen LogP contribution is -2.27. The van der Waals surface area contributed by atoms with Crippen LogP contribution in [0.1, 0.15) is 49.8 Å². The van der Waals surface area contributed by atoms with Crippen molar-refractivity contribution in [3.05, 3.63) is 75.4 Å². The number of nitrogens with one attached hydrogen (secondary N) is 2. The zero-order valence-electron chi connectivity index (χ0n) is 19.4. The van der Waals surface area contributed by atoms with Crippen molar-refractivity contribution in [3.63, 3.8) is 0 Å². The maximum Gasteiger partial charge on any atom is 0.274 e. The van der Waals surface area contributed by atoms with Gasteiger partial charge in [0.15, 0.2) is 0 Å². The third-order valence-corrected chi connectivity index (χ3v) is 7.40. The van der Waals surface area contributed by atoms with Gasteiger partial charge in [0.05, 0.1) is 23.6 Å². The minimum absolute atomic E-state index is 0.169. The molecule has 0 unspecified atom stereocenters. The van der Waals surface area contributed by atoms with Crippen LogP contribution in [0.2, 0.25) is 0 Å². The van der Waals surface area contributed by atoms with Gasteiger partial charge in [0.1, 0.15) is 16.3 Å². The minimum Gasteiger partial charge on any atom is -0.383 e. The minimum atomic E-state index is -0.534. The molecule has 1 aromatic carbocycles. The van der Waals surface area contributed by atoms with Gasteiger partial charge in [-0.15, -0.1) is 11.3 Å². The molecule has 3 aromatic heterocycles. The lowest BCUT2D eigenvalue weighted by Gasteiger charge is -2.13. The molecule has 2 amide bonds. The summed E-state index contributed by atoms with van der Waals surface area (Å²) in [4.78, 5) is 33.9. The molecule has 9 nitrogen and oxygen atoms in total. The lowest BCUT2D eigenvalue weighted by molar-refractivity contribution is 0.0706.